The molecule has 0 atom stereocenters. The Kier molecular flexibility index (Phi) is 3.53. The topological polar surface area (TPSA) is 48.0 Å². The van der Waals surface area contributed by atoms with E-state index in [1.807, 2.05) is 0 Å². The van der Waals surface area contributed by atoms with Gasteiger partial charge < -0.3 is 10.3 Å². The van der Waals surface area contributed by atoms with Crippen LogP contribution in [-0.2, 0) is 6.54 Å². The molecule has 1 aromatic heterocycles. The summed E-state index contributed by atoms with van der Waals surface area (Å²) in [6.07, 6.45) is 3.32. The third kappa shape index (κ3) is 2.81. The van der Waals surface area contributed by atoms with Crippen LogP contribution in [0.2, 0.25) is 0 Å². The van der Waals surface area contributed by atoms with Crippen molar-refractivity contribution in [2.24, 2.45) is 5.73 Å². The van der Waals surface area contributed by atoms with Crippen LogP contribution in [-0.4, -0.2) is 9.56 Å². The van der Waals surface area contributed by atoms with E-state index < -0.39 is 0 Å². The molecule has 2 aromatic rings. The van der Waals surface area contributed by atoms with Crippen LogP contribution in [0, 0.1) is 5.82 Å². The van der Waals surface area contributed by atoms with Gasteiger partial charge in [0.2, 0.25) is 0 Å². The van der Waals surface area contributed by atoms with Gasteiger partial charge in [0.25, 0.3) is 0 Å². The van der Waals surface area contributed by atoms with Crippen molar-refractivity contribution in [3.8, 4) is 0 Å². The number of aromatic nitrogens is 1. The second kappa shape index (κ2) is 5.10. The summed E-state index contributed by atoms with van der Waals surface area (Å²) in [6.45, 7) is 0.479. The first-order valence-electron chi connectivity index (χ1n) is 5.30. The van der Waals surface area contributed by atoms with Gasteiger partial charge in [0.15, 0.2) is 5.43 Å². The Morgan fingerprint density at radius 3 is 2.56 bits per heavy atom. The fraction of sp³-hybridized carbons (Fsp3) is 0.0769. The Morgan fingerprint density at radius 2 is 1.94 bits per heavy atom. The lowest BCUT2D eigenvalue weighted by atomic mass is 10.1. The zero-order chi connectivity index (χ0) is 13.1. The summed E-state index contributed by atoms with van der Waals surface area (Å²) in [4.78, 5) is 11.1. The van der Waals surface area contributed by atoms with Crippen molar-refractivity contribution in [3.63, 3.8) is 0 Å². The number of hydrogen-bond donors (Lipinski definition) is 1. The molecule has 0 spiro atoms. The van der Waals surface area contributed by atoms with Crippen molar-refractivity contribution in [2.45, 2.75) is 6.54 Å². The first-order chi connectivity index (χ1) is 8.56. The Hall–Kier alpha value is -2.01. The van der Waals surface area contributed by atoms with Gasteiger partial charge in [0, 0.05) is 36.6 Å². The normalized spacial score (nSPS) is 10.3. The van der Waals surface area contributed by atoms with E-state index in [2.05, 4.69) is 0 Å². The summed E-state index contributed by atoms with van der Waals surface area (Å²) in [5.41, 5.74) is 6.84. The van der Waals surface area contributed by atoms with E-state index in [1.54, 1.807) is 23.0 Å². The standard InChI is InChI=1S/C13H11FN2OS/c14-10-2-1-9(12(7-10)13(15)18)8-16-5-3-11(17)4-6-16/h1-7H,8H2,(H2,15,18). The van der Waals surface area contributed by atoms with Gasteiger partial charge in [-0.25, -0.2) is 4.39 Å². The zero-order valence-electron chi connectivity index (χ0n) is 9.47. The smallest absolute Gasteiger partial charge is 0.181 e. The summed E-state index contributed by atoms with van der Waals surface area (Å²) in [6, 6.07) is 7.25. The van der Waals surface area contributed by atoms with Gasteiger partial charge in [0.05, 0.1) is 0 Å². The fourth-order valence-electron chi connectivity index (χ4n) is 1.66. The number of hydrogen-bond acceptors (Lipinski definition) is 2. The Balaban J connectivity index is 2.36. The van der Waals surface area contributed by atoms with E-state index in [0.29, 0.717) is 12.1 Å². The number of thiocarbonyl (C=S) groups is 1. The quantitative estimate of drug-likeness (QED) is 0.856. The van der Waals surface area contributed by atoms with Crippen LogP contribution in [0.5, 0.6) is 0 Å². The van der Waals surface area contributed by atoms with Crippen molar-refractivity contribution >= 4 is 17.2 Å². The molecule has 0 aliphatic heterocycles. The molecular formula is C13H11FN2OS. The average Bonchev–Trinajstić information content (AvgIpc) is 2.34. The van der Waals surface area contributed by atoms with Crippen molar-refractivity contribution in [3.05, 3.63) is 69.9 Å². The molecule has 1 heterocycles. The average molecular weight is 262 g/mol. The highest BCUT2D eigenvalue weighted by molar-refractivity contribution is 7.80. The van der Waals surface area contributed by atoms with Crippen molar-refractivity contribution in [1.82, 2.24) is 4.57 Å². The molecule has 18 heavy (non-hydrogen) atoms. The van der Waals surface area contributed by atoms with Gasteiger partial charge in [-0.3, -0.25) is 4.79 Å². The van der Waals surface area contributed by atoms with Gasteiger partial charge in [-0.15, -0.1) is 0 Å². The van der Waals surface area contributed by atoms with Gasteiger partial charge in [-0.2, -0.15) is 0 Å². The second-order valence-electron chi connectivity index (χ2n) is 3.87. The number of nitrogens with zero attached hydrogens (tertiary/aromatic N) is 1. The lowest BCUT2D eigenvalue weighted by Crippen LogP contribution is -2.15. The molecule has 0 fully saturated rings. The summed E-state index contributed by atoms with van der Waals surface area (Å²) < 4.78 is 14.9. The minimum absolute atomic E-state index is 0.0556. The van der Waals surface area contributed by atoms with Crippen LogP contribution < -0.4 is 11.2 Å². The summed E-state index contributed by atoms with van der Waals surface area (Å²) in [5, 5.41) is 0. The number of pyridine rings is 1. The van der Waals surface area contributed by atoms with Crippen LogP contribution in [0.4, 0.5) is 4.39 Å². The summed E-state index contributed by atoms with van der Waals surface area (Å²) in [5.74, 6) is -0.374. The van der Waals surface area contributed by atoms with Gasteiger partial charge in [0.1, 0.15) is 10.8 Å². The minimum atomic E-state index is -0.374. The summed E-state index contributed by atoms with van der Waals surface area (Å²) in [7, 11) is 0. The highest BCUT2D eigenvalue weighted by Crippen LogP contribution is 2.12. The first kappa shape index (κ1) is 12.4. The molecule has 0 bridgehead atoms. The molecule has 0 aliphatic rings. The van der Waals surface area contributed by atoms with Gasteiger partial charge in [-0.05, 0) is 17.7 Å². The van der Waals surface area contributed by atoms with Crippen LogP contribution in [0.3, 0.4) is 0 Å². The SMILES string of the molecule is NC(=S)c1cc(F)ccc1Cn1ccc(=O)cc1. The minimum Gasteiger partial charge on any atom is -0.389 e. The fourth-order valence-corrected chi connectivity index (χ4v) is 1.85. The third-order valence-electron chi connectivity index (χ3n) is 2.55. The molecule has 3 nitrogen and oxygen atoms in total. The molecule has 92 valence electrons. The second-order valence-corrected chi connectivity index (χ2v) is 4.31. The van der Waals surface area contributed by atoms with E-state index in [-0.39, 0.29) is 16.2 Å². The Bertz CT molecular complexity index is 631. The molecule has 0 unspecified atom stereocenters. The van der Waals surface area contributed by atoms with Gasteiger partial charge >= 0.3 is 0 Å². The van der Waals surface area contributed by atoms with Gasteiger partial charge in [-0.1, -0.05) is 18.3 Å². The lowest BCUT2D eigenvalue weighted by Gasteiger charge is -2.10. The predicted molar refractivity (Wildman–Crippen MR) is 72.1 cm³/mol. The van der Waals surface area contributed by atoms with Crippen molar-refractivity contribution < 1.29 is 4.39 Å². The van der Waals surface area contributed by atoms with E-state index in [0.717, 1.165) is 5.56 Å². The third-order valence-corrected chi connectivity index (χ3v) is 2.77. The van der Waals surface area contributed by atoms with E-state index >= 15 is 0 Å². The molecule has 0 saturated carbocycles. The molecule has 0 radical (unpaired) electrons. The molecule has 5 heteroatoms. The first-order valence-corrected chi connectivity index (χ1v) is 5.71. The molecule has 1 aromatic carbocycles. The van der Waals surface area contributed by atoms with E-state index in [1.165, 1.54) is 24.3 Å². The largest absolute Gasteiger partial charge is 0.389 e. The number of benzene rings is 1. The molecule has 2 N–H and O–H groups in total. The van der Waals surface area contributed by atoms with Crippen LogP contribution in [0.1, 0.15) is 11.1 Å². The Labute approximate surface area is 109 Å². The van der Waals surface area contributed by atoms with Crippen molar-refractivity contribution in [1.29, 1.82) is 0 Å². The molecular weight excluding hydrogens is 251 g/mol. The molecule has 0 amide bonds. The summed E-state index contributed by atoms with van der Waals surface area (Å²) >= 11 is 4.90. The highest BCUT2D eigenvalue weighted by Gasteiger charge is 2.07. The maximum Gasteiger partial charge on any atom is 0.181 e. The lowest BCUT2D eigenvalue weighted by molar-refractivity contribution is 0.626. The molecule has 0 aliphatic carbocycles. The van der Waals surface area contributed by atoms with Crippen molar-refractivity contribution in [2.75, 3.05) is 0 Å². The highest BCUT2D eigenvalue weighted by atomic mass is 32.1. The van der Waals surface area contributed by atoms with E-state index in [9.17, 15) is 9.18 Å². The predicted octanol–water partition coefficient (Wildman–Crippen LogP) is 1.67. The van der Waals surface area contributed by atoms with Crippen LogP contribution >= 0.6 is 12.2 Å². The number of rotatable bonds is 3. The van der Waals surface area contributed by atoms with Crippen LogP contribution in [0.25, 0.3) is 0 Å². The monoisotopic (exact) mass is 262 g/mol. The molecule has 0 saturated heterocycles. The van der Waals surface area contributed by atoms with Crippen LogP contribution in [0.15, 0.2) is 47.5 Å². The number of nitrogens with two attached hydrogens (primary N) is 1. The molecule has 2 rings (SSSR count). The van der Waals surface area contributed by atoms with E-state index in [4.69, 9.17) is 18.0 Å². The zero-order valence-corrected chi connectivity index (χ0v) is 10.3. The Morgan fingerprint density at radius 1 is 1.28 bits per heavy atom. The maximum absolute atomic E-state index is 13.1. The maximum atomic E-state index is 13.1. The number of halogens is 1.